The minimum atomic E-state index is -3.46. The standard InChI is InChI=1S/C31H36O8SSi/c1-31(2,3)41(5,6)38-20-22-11-10-14-25(19-22)39-30(34)37-21-27(23-15-17-26(18-16-23)40(4,35)36)28(29(32)33)24-12-8-7-9-13-24/h7-19H,20-21H2,1-6H3,(H,32,33). The van der Waals surface area contributed by atoms with Crippen LogP contribution in [0, 0.1) is 0 Å². The second-order valence-corrected chi connectivity index (χ2v) is 18.0. The Morgan fingerprint density at radius 2 is 1.51 bits per heavy atom. The molecule has 0 saturated carbocycles. The number of hydrogen-bond donors (Lipinski definition) is 1. The molecule has 0 aromatic heterocycles. The van der Waals surface area contributed by atoms with Gasteiger partial charge in [-0.05, 0) is 59.1 Å². The van der Waals surface area contributed by atoms with Crippen molar-refractivity contribution in [3.05, 3.63) is 95.6 Å². The average molecular weight is 597 g/mol. The van der Waals surface area contributed by atoms with Crippen molar-refractivity contribution in [2.24, 2.45) is 0 Å². The zero-order valence-electron chi connectivity index (χ0n) is 24.1. The van der Waals surface area contributed by atoms with Crippen LogP contribution < -0.4 is 4.74 Å². The van der Waals surface area contributed by atoms with Crippen LogP contribution in [-0.4, -0.2) is 46.8 Å². The van der Waals surface area contributed by atoms with Crippen molar-refractivity contribution in [1.82, 2.24) is 0 Å². The highest BCUT2D eigenvalue weighted by atomic mass is 32.2. The smallest absolute Gasteiger partial charge is 0.478 e. The summed E-state index contributed by atoms with van der Waals surface area (Å²) in [7, 11) is -5.44. The summed E-state index contributed by atoms with van der Waals surface area (Å²) in [4.78, 5) is 25.2. The van der Waals surface area contributed by atoms with Gasteiger partial charge in [0.05, 0.1) is 17.1 Å². The second kappa shape index (κ2) is 12.8. The van der Waals surface area contributed by atoms with Gasteiger partial charge in [0.25, 0.3) is 0 Å². The average Bonchev–Trinajstić information content (AvgIpc) is 2.89. The minimum absolute atomic E-state index is 0.0514. The lowest BCUT2D eigenvalue weighted by molar-refractivity contribution is -0.130. The SMILES string of the molecule is CC(C)(C)[Si](C)(C)OCc1cccc(OC(=O)OCC(=C(C(=O)O)c2ccccc2)c2ccc(S(C)(=O)=O)cc2)c1. The first kappa shape index (κ1) is 31.8. The zero-order valence-corrected chi connectivity index (χ0v) is 25.9. The van der Waals surface area contributed by atoms with Crippen LogP contribution >= 0.6 is 0 Å². The van der Waals surface area contributed by atoms with E-state index in [2.05, 4.69) is 33.9 Å². The molecule has 0 unspecified atom stereocenters. The molecule has 0 amide bonds. The monoisotopic (exact) mass is 596 g/mol. The van der Waals surface area contributed by atoms with E-state index in [1.54, 1.807) is 48.5 Å². The van der Waals surface area contributed by atoms with Crippen LogP contribution in [0.15, 0.2) is 83.8 Å². The Bertz CT molecular complexity index is 1520. The van der Waals surface area contributed by atoms with Crippen LogP contribution in [0.2, 0.25) is 18.1 Å². The minimum Gasteiger partial charge on any atom is -0.478 e. The summed E-state index contributed by atoms with van der Waals surface area (Å²) in [6.07, 6.45) is 0.0643. The van der Waals surface area contributed by atoms with Crippen LogP contribution in [0.5, 0.6) is 5.75 Å². The van der Waals surface area contributed by atoms with Gasteiger partial charge in [0.1, 0.15) is 12.4 Å². The molecule has 8 nitrogen and oxygen atoms in total. The summed E-state index contributed by atoms with van der Waals surface area (Å²) in [5.41, 5.74) is 1.71. The van der Waals surface area contributed by atoms with Crippen LogP contribution in [0.4, 0.5) is 4.79 Å². The van der Waals surface area contributed by atoms with Crippen molar-refractivity contribution in [2.75, 3.05) is 12.9 Å². The lowest BCUT2D eigenvalue weighted by atomic mass is 9.95. The molecule has 0 aliphatic carbocycles. The van der Waals surface area contributed by atoms with Crippen LogP contribution in [0.25, 0.3) is 11.1 Å². The first-order chi connectivity index (χ1) is 19.1. The summed E-state index contributed by atoms with van der Waals surface area (Å²) in [6.45, 7) is 10.7. The fraction of sp³-hybridized carbons (Fsp3) is 0.290. The summed E-state index contributed by atoms with van der Waals surface area (Å²) in [5.74, 6) is -0.972. The number of carbonyl (C=O) groups excluding carboxylic acids is 1. The molecule has 0 aliphatic heterocycles. The highest BCUT2D eigenvalue weighted by molar-refractivity contribution is 7.90. The van der Waals surface area contributed by atoms with Gasteiger partial charge in [-0.1, -0.05) is 75.4 Å². The Balaban J connectivity index is 1.84. The van der Waals surface area contributed by atoms with Crippen molar-refractivity contribution < 1.29 is 37.0 Å². The normalized spacial score (nSPS) is 12.8. The first-order valence-electron chi connectivity index (χ1n) is 13.0. The van der Waals surface area contributed by atoms with E-state index < -0.39 is 36.9 Å². The summed E-state index contributed by atoms with van der Waals surface area (Å²) in [6, 6.07) is 21.1. The number of aliphatic carboxylic acids is 1. The molecule has 0 heterocycles. The van der Waals surface area contributed by atoms with Gasteiger partial charge in [0.2, 0.25) is 0 Å². The fourth-order valence-electron chi connectivity index (χ4n) is 3.67. The van der Waals surface area contributed by atoms with Crippen LogP contribution in [0.1, 0.15) is 37.5 Å². The molecule has 0 fully saturated rings. The maximum atomic E-state index is 12.7. The number of hydrogen-bond acceptors (Lipinski definition) is 7. The molecule has 41 heavy (non-hydrogen) atoms. The Kier molecular flexibility index (Phi) is 9.96. The predicted octanol–water partition coefficient (Wildman–Crippen LogP) is 6.82. The number of benzene rings is 3. The number of ether oxygens (including phenoxy) is 2. The molecule has 10 heteroatoms. The van der Waals surface area contributed by atoms with Crippen molar-refractivity contribution >= 4 is 41.4 Å². The van der Waals surface area contributed by atoms with E-state index in [1.807, 2.05) is 6.07 Å². The van der Waals surface area contributed by atoms with Crippen molar-refractivity contribution in [3.63, 3.8) is 0 Å². The van der Waals surface area contributed by atoms with Crippen molar-refractivity contribution in [1.29, 1.82) is 0 Å². The number of carboxylic acids is 1. The Morgan fingerprint density at radius 3 is 2.07 bits per heavy atom. The van der Waals surface area contributed by atoms with Gasteiger partial charge in [0, 0.05) is 11.8 Å². The van der Waals surface area contributed by atoms with Gasteiger partial charge in [-0.2, -0.15) is 0 Å². The molecule has 3 aromatic rings. The van der Waals surface area contributed by atoms with Gasteiger partial charge in [0.15, 0.2) is 18.2 Å². The molecular weight excluding hydrogens is 560 g/mol. The predicted molar refractivity (Wildman–Crippen MR) is 161 cm³/mol. The number of rotatable bonds is 10. The quantitative estimate of drug-likeness (QED) is 0.0891. The molecule has 0 spiro atoms. The van der Waals surface area contributed by atoms with Gasteiger partial charge in [-0.15, -0.1) is 0 Å². The van der Waals surface area contributed by atoms with E-state index in [0.717, 1.165) is 11.8 Å². The van der Waals surface area contributed by atoms with Crippen LogP contribution in [0.3, 0.4) is 0 Å². The highest BCUT2D eigenvalue weighted by Crippen LogP contribution is 2.37. The fourth-order valence-corrected chi connectivity index (χ4v) is 5.26. The topological polar surface area (TPSA) is 116 Å². The first-order valence-corrected chi connectivity index (χ1v) is 17.8. The molecule has 218 valence electrons. The van der Waals surface area contributed by atoms with Gasteiger partial charge in [-0.25, -0.2) is 18.0 Å². The molecule has 0 bridgehead atoms. The van der Waals surface area contributed by atoms with E-state index in [-0.39, 0.29) is 26.8 Å². The van der Waals surface area contributed by atoms with E-state index in [4.69, 9.17) is 13.9 Å². The molecule has 0 radical (unpaired) electrons. The number of carbonyl (C=O) groups is 2. The molecule has 3 rings (SSSR count). The largest absolute Gasteiger partial charge is 0.514 e. The number of carboxylic acid groups (broad SMARTS) is 1. The third kappa shape index (κ3) is 8.62. The van der Waals surface area contributed by atoms with Gasteiger partial charge < -0.3 is 19.0 Å². The maximum Gasteiger partial charge on any atom is 0.514 e. The van der Waals surface area contributed by atoms with Crippen LogP contribution in [-0.2, 0) is 30.4 Å². The molecule has 0 aliphatic rings. The van der Waals surface area contributed by atoms with Gasteiger partial charge in [-0.3, -0.25) is 0 Å². The third-order valence-electron chi connectivity index (χ3n) is 7.05. The zero-order chi connectivity index (χ0) is 30.4. The lowest BCUT2D eigenvalue weighted by Crippen LogP contribution is -2.40. The van der Waals surface area contributed by atoms with E-state index >= 15 is 0 Å². The Hall–Kier alpha value is -3.73. The molecule has 1 N–H and O–H groups in total. The maximum absolute atomic E-state index is 12.7. The molecular formula is C31H36O8SSi. The molecule has 0 saturated heterocycles. The number of sulfone groups is 1. The lowest BCUT2D eigenvalue weighted by Gasteiger charge is -2.36. The summed E-state index contributed by atoms with van der Waals surface area (Å²) >= 11 is 0. The Morgan fingerprint density at radius 1 is 0.878 bits per heavy atom. The van der Waals surface area contributed by atoms with Crippen molar-refractivity contribution in [2.45, 2.75) is 50.4 Å². The highest BCUT2D eigenvalue weighted by Gasteiger charge is 2.37. The second-order valence-electron chi connectivity index (χ2n) is 11.2. The molecule has 0 atom stereocenters. The summed E-state index contributed by atoms with van der Waals surface area (Å²) < 4.78 is 40.9. The van der Waals surface area contributed by atoms with E-state index in [9.17, 15) is 23.1 Å². The molecule has 3 aromatic carbocycles. The Labute approximate surface area is 242 Å². The summed E-state index contributed by atoms with van der Waals surface area (Å²) in [5, 5.41) is 10.1. The van der Waals surface area contributed by atoms with E-state index in [1.165, 1.54) is 24.3 Å². The third-order valence-corrected chi connectivity index (χ3v) is 12.7. The van der Waals surface area contributed by atoms with E-state index in [0.29, 0.717) is 17.7 Å². The van der Waals surface area contributed by atoms with Gasteiger partial charge >= 0.3 is 12.1 Å². The van der Waals surface area contributed by atoms with Crippen molar-refractivity contribution in [3.8, 4) is 5.75 Å².